The molecule has 0 N–H and O–H groups in total. The van der Waals surface area contributed by atoms with Gasteiger partial charge in [0, 0.05) is 6.00 Å². The fraction of sp³-hybridized carbons (Fsp3) is 1.00. The third kappa shape index (κ3) is 7.12. The molecule has 0 fully saturated rings. The van der Waals surface area contributed by atoms with Crippen LogP contribution in [0.3, 0.4) is 0 Å². The Morgan fingerprint density at radius 2 is 1.85 bits per heavy atom. The summed E-state index contributed by atoms with van der Waals surface area (Å²) in [6, 6.07) is -0.0727. The van der Waals surface area contributed by atoms with Crippen LogP contribution in [0.2, 0.25) is 0 Å². The summed E-state index contributed by atoms with van der Waals surface area (Å²) in [5.41, 5.74) is 0. The standard InChI is InChI=1S/C11H23BO/c1-5-7-10(6-2)13-11(12)8-9(3)4/h9-11H,5-8H2,1-4H3. The molecule has 2 radical (unpaired) electrons. The van der Waals surface area contributed by atoms with Gasteiger partial charge in [-0.25, -0.2) is 0 Å². The van der Waals surface area contributed by atoms with E-state index >= 15 is 0 Å². The van der Waals surface area contributed by atoms with Crippen LogP contribution >= 0.6 is 0 Å². The van der Waals surface area contributed by atoms with Crippen LogP contribution in [0.5, 0.6) is 0 Å². The lowest BCUT2D eigenvalue weighted by atomic mass is 9.90. The highest BCUT2D eigenvalue weighted by Gasteiger charge is 2.11. The van der Waals surface area contributed by atoms with Crippen molar-refractivity contribution >= 4 is 7.85 Å². The van der Waals surface area contributed by atoms with E-state index in [1.165, 1.54) is 6.42 Å². The lowest BCUT2D eigenvalue weighted by Crippen LogP contribution is -2.23. The summed E-state index contributed by atoms with van der Waals surface area (Å²) in [5, 5.41) is 0. The Morgan fingerprint density at radius 1 is 1.23 bits per heavy atom. The Morgan fingerprint density at radius 3 is 2.23 bits per heavy atom. The molecule has 2 heteroatoms. The van der Waals surface area contributed by atoms with Crippen LogP contribution in [0.4, 0.5) is 0 Å². The summed E-state index contributed by atoms with van der Waals surface area (Å²) in [6.45, 7) is 8.68. The first kappa shape index (κ1) is 13.0. The quantitative estimate of drug-likeness (QED) is 0.549. The summed E-state index contributed by atoms with van der Waals surface area (Å²) >= 11 is 0. The predicted octanol–water partition coefficient (Wildman–Crippen LogP) is 3.12. The Hall–Kier alpha value is 0.0249. The van der Waals surface area contributed by atoms with Crippen molar-refractivity contribution in [2.24, 2.45) is 5.92 Å². The summed E-state index contributed by atoms with van der Waals surface area (Å²) < 4.78 is 5.73. The van der Waals surface area contributed by atoms with E-state index in [1.54, 1.807) is 0 Å². The third-order valence-corrected chi connectivity index (χ3v) is 2.14. The molecule has 0 aliphatic heterocycles. The van der Waals surface area contributed by atoms with E-state index in [1.807, 2.05) is 0 Å². The van der Waals surface area contributed by atoms with E-state index in [2.05, 4.69) is 27.7 Å². The highest BCUT2D eigenvalue weighted by atomic mass is 16.5. The smallest absolute Gasteiger partial charge is 0.109 e. The molecule has 0 aliphatic rings. The molecule has 0 saturated heterocycles. The summed E-state index contributed by atoms with van der Waals surface area (Å²) in [5.74, 6) is 0.620. The number of hydrogen-bond acceptors (Lipinski definition) is 1. The second-order valence-corrected chi connectivity index (χ2v) is 4.12. The van der Waals surface area contributed by atoms with Crippen molar-refractivity contribution in [2.75, 3.05) is 0 Å². The molecule has 2 unspecified atom stereocenters. The van der Waals surface area contributed by atoms with Gasteiger partial charge in [-0.05, 0) is 25.2 Å². The highest BCUT2D eigenvalue weighted by Crippen LogP contribution is 2.12. The van der Waals surface area contributed by atoms with E-state index in [4.69, 9.17) is 12.6 Å². The van der Waals surface area contributed by atoms with Gasteiger partial charge in [-0.2, -0.15) is 0 Å². The van der Waals surface area contributed by atoms with Crippen molar-refractivity contribution in [1.82, 2.24) is 0 Å². The fourth-order valence-electron chi connectivity index (χ4n) is 1.46. The summed E-state index contributed by atoms with van der Waals surface area (Å²) in [7, 11) is 5.86. The number of ether oxygens (including phenoxy) is 1. The molecule has 0 spiro atoms. The minimum atomic E-state index is -0.0727. The normalized spacial score (nSPS) is 16.1. The van der Waals surface area contributed by atoms with E-state index < -0.39 is 0 Å². The Labute approximate surface area is 84.7 Å². The van der Waals surface area contributed by atoms with Gasteiger partial charge in [0.25, 0.3) is 0 Å². The maximum Gasteiger partial charge on any atom is 0.109 e. The molecule has 1 nitrogen and oxygen atoms in total. The molecule has 2 atom stereocenters. The molecular formula is C11H23BO. The SMILES string of the molecule is [B]C(CC(C)C)OC(CC)CCC. The van der Waals surface area contributed by atoms with Crippen LogP contribution in [0.1, 0.15) is 53.4 Å². The van der Waals surface area contributed by atoms with Crippen molar-refractivity contribution in [3.63, 3.8) is 0 Å². The van der Waals surface area contributed by atoms with E-state index in [0.29, 0.717) is 12.0 Å². The fourth-order valence-corrected chi connectivity index (χ4v) is 1.46. The zero-order valence-corrected chi connectivity index (χ0v) is 9.55. The average Bonchev–Trinajstić information content (AvgIpc) is 2.02. The topological polar surface area (TPSA) is 9.23 Å². The van der Waals surface area contributed by atoms with Gasteiger partial charge in [0.15, 0.2) is 0 Å². The van der Waals surface area contributed by atoms with Crippen LogP contribution in [0, 0.1) is 5.92 Å². The maximum absolute atomic E-state index is 5.86. The lowest BCUT2D eigenvalue weighted by Gasteiger charge is -2.22. The zero-order chi connectivity index (χ0) is 10.3. The first-order chi connectivity index (χ1) is 6.10. The number of rotatable bonds is 7. The minimum absolute atomic E-state index is 0.0727. The second kappa shape index (κ2) is 7.43. The molecule has 0 aliphatic carbocycles. The van der Waals surface area contributed by atoms with Crippen LogP contribution in [0.15, 0.2) is 0 Å². The molecule has 0 aromatic heterocycles. The van der Waals surface area contributed by atoms with E-state index in [9.17, 15) is 0 Å². The van der Waals surface area contributed by atoms with Gasteiger partial charge in [-0.15, -0.1) is 0 Å². The van der Waals surface area contributed by atoms with Crippen LogP contribution in [0.25, 0.3) is 0 Å². The molecule has 0 heterocycles. The molecule has 0 saturated carbocycles. The van der Waals surface area contributed by atoms with Gasteiger partial charge < -0.3 is 4.74 Å². The summed E-state index contributed by atoms with van der Waals surface area (Å²) in [6.07, 6.45) is 4.69. The zero-order valence-electron chi connectivity index (χ0n) is 9.55. The monoisotopic (exact) mass is 182 g/mol. The van der Waals surface area contributed by atoms with E-state index in [-0.39, 0.29) is 6.00 Å². The molecule has 0 amide bonds. The first-order valence-electron chi connectivity index (χ1n) is 5.51. The average molecular weight is 182 g/mol. The summed E-state index contributed by atoms with van der Waals surface area (Å²) in [4.78, 5) is 0. The Bertz CT molecular complexity index is 115. The Balaban J connectivity index is 3.65. The largest absolute Gasteiger partial charge is 0.385 e. The van der Waals surface area contributed by atoms with Gasteiger partial charge in [-0.3, -0.25) is 0 Å². The van der Waals surface area contributed by atoms with Gasteiger partial charge in [0.05, 0.1) is 6.10 Å². The van der Waals surface area contributed by atoms with Crippen LogP contribution in [-0.2, 0) is 4.74 Å². The predicted molar refractivity (Wildman–Crippen MR) is 59.1 cm³/mol. The molecule has 76 valence electrons. The molecule has 0 aromatic carbocycles. The molecule has 0 rings (SSSR count). The van der Waals surface area contributed by atoms with Crippen molar-refractivity contribution in [1.29, 1.82) is 0 Å². The second-order valence-electron chi connectivity index (χ2n) is 4.12. The molecule has 13 heavy (non-hydrogen) atoms. The van der Waals surface area contributed by atoms with E-state index in [0.717, 1.165) is 19.3 Å². The highest BCUT2D eigenvalue weighted by molar-refractivity contribution is 6.11. The molecule has 0 aromatic rings. The number of hydrogen-bond donors (Lipinski definition) is 0. The van der Waals surface area contributed by atoms with Gasteiger partial charge in [0.2, 0.25) is 0 Å². The van der Waals surface area contributed by atoms with Crippen molar-refractivity contribution in [3.8, 4) is 0 Å². The third-order valence-electron chi connectivity index (χ3n) is 2.14. The van der Waals surface area contributed by atoms with Crippen LogP contribution < -0.4 is 0 Å². The minimum Gasteiger partial charge on any atom is -0.385 e. The maximum atomic E-state index is 5.86. The lowest BCUT2D eigenvalue weighted by molar-refractivity contribution is 0.0142. The Kier molecular flexibility index (Phi) is 7.45. The van der Waals surface area contributed by atoms with Crippen molar-refractivity contribution < 1.29 is 4.74 Å². The van der Waals surface area contributed by atoms with Crippen LogP contribution in [-0.4, -0.2) is 20.0 Å². The van der Waals surface area contributed by atoms with Gasteiger partial charge >= 0.3 is 0 Å². The molecule has 0 bridgehead atoms. The van der Waals surface area contributed by atoms with Crippen molar-refractivity contribution in [3.05, 3.63) is 0 Å². The van der Waals surface area contributed by atoms with Gasteiger partial charge in [0.1, 0.15) is 7.85 Å². The van der Waals surface area contributed by atoms with Gasteiger partial charge in [-0.1, -0.05) is 34.1 Å². The molecular weight excluding hydrogens is 159 g/mol. The first-order valence-corrected chi connectivity index (χ1v) is 5.51. The van der Waals surface area contributed by atoms with Crippen molar-refractivity contribution in [2.45, 2.75) is 65.5 Å².